The van der Waals surface area contributed by atoms with E-state index in [1.165, 1.54) is 17.7 Å². The Morgan fingerprint density at radius 1 is 1.05 bits per heavy atom. The molecular weight excluding hydrogens is 253 g/mol. The Labute approximate surface area is 117 Å². The summed E-state index contributed by atoms with van der Waals surface area (Å²) in [5.74, 6) is 0.385. The van der Waals surface area contributed by atoms with E-state index in [4.69, 9.17) is 10.2 Å². The van der Waals surface area contributed by atoms with Gasteiger partial charge in [0.1, 0.15) is 17.2 Å². The molecule has 0 aliphatic carbocycles. The molecule has 0 bridgehead atoms. The molecule has 2 N–H and O–H groups in total. The van der Waals surface area contributed by atoms with Crippen LogP contribution < -0.4 is 5.73 Å². The fourth-order valence-electron chi connectivity index (χ4n) is 2.44. The molecule has 0 aliphatic rings. The third-order valence-corrected chi connectivity index (χ3v) is 3.66. The summed E-state index contributed by atoms with van der Waals surface area (Å²) in [6, 6.07) is 12.3. The number of aryl methyl sites for hydroxylation is 2. The Balaban J connectivity index is 2.09. The van der Waals surface area contributed by atoms with Gasteiger partial charge in [0.25, 0.3) is 0 Å². The van der Waals surface area contributed by atoms with E-state index in [1.807, 2.05) is 38.1 Å². The second-order valence-electron chi connectivity index (χ2n) is 5.12. The maximum Gasteiger partial charge on any atom is 0.137 e. The summed E-state index contributed by atoms with van der Waals surface area (Å²) in [6.45, 7) is 3.98. The molecular formula is C17H16FNO. The minimum Gasteiger partial charge on any atom is -0.459 e. The lowest BCUT2D eigenvalue weighted by atomic mass is 10.0. The van der Waals surface area contributed by atoms with Gasteiger partial charge in [-0.2, -0.15) is 0 Å². The average Bonchev–Trinajstić information content (AvgIpc) is 2.75. The highest BCUT2D eigenvalue weighted by molar-refractivity contribution is 5.82. The molecule has 0 saturated carbocycles. The van der Waals surface area contributed by atoms with Gasteiger partial charge in [-0.05, 0) is 31.5 Å². The molecule has 3 rings (SSSR count). The van der Waals surface area contributed by atoms with Crippen molar-refractivity contribution in [1.29, 1.82) is 0 Å². The predicted octanol–water partition coefficient (Wildman–Crippen LogP) is 4.24. The van der Waals surface area contributed by atoms with Gasteiger partial charge in [-0.1, -0.05) is 29.8 Å². The number of fused-ring (bicyclic) bond motifs is 1. The van der Waals surface area contributed by atoms with Crippen LogP contribution in [0.3, 0.4) is 0 Å². The largest absolute Gasteiger partial charge is 0.459 e. The van der Waals surface area contributed by atoms with Crippen LogP contribution in [0, 0.1) is 19.7 Å². The lowest BCUT2D eigenvalue weighted by Crippen LogP contribution is -2.11. The van der Waals surface area contributed by atoms with Gasteiger partial charge in [0.15, 0.2) is 0 Å². The average molecular weight is 269 g/mol. The minimum atomic E-state index is -0.342. The summed E-state index contributed by atoms with van der Waals surface area (Å²) in [7, 11) is 0. The number of hydrogen-bond acceptors (Lipinski definition) is 2. The molecule has 1 aromatic heterocycles. The number of halogens is 1. The van der Waals surface area contributed by atoms with Crippen LogP contribution >= 0.6 is 0 Å². The highest BCUT2D eigenvalue weighted by Crippen LogP contribution is 2.31. The Bertz CT molecular complexity index is 759. The van der Waals surface area contributed by atoms with Crippen LogP contribution in [-0.2, 0) is 0 Å². The number of benzene rings is 2. The number of nitrogens with two attached hydrogens (primary N) is 1. The number of rotatable bonds is 2. The first-order chi connectivity index (χ1) is 9.56. The van der Waals surface area contributed by atoms with Gasteiger partial charge >= 0.3 is 0 Å². The van der Waals surface area contributed by atoms with Crippen LogP contribution in [0.1, 0.15) is 28.5 Å². The molecule has 1 atom stereocenters. The van der Waals surface area contributed by atoms with E-state index in [9.17, 15) is 4.39 Å². The second kappa shape index (κ2) is 4.76. The maximum atomic E-state index is 13.3. The molecule has 0 fully saturated rings. The van der Waals surface area contributed by atoms with E-state index in [0.29, 0.717) is 11.3 Å². The Kier molecular flexibility index (Phi) is 3.07. The lowest BCUT2D eigenvalue weighted by Gasteiger charge is -2.10. The molecule has 1 heterocycles. The van der Waals surface area contributed by atoms with E-state index >= 15 is 0 Å². The van der Waals surface area contributed by atoms with Gasteiger partial charge in [0, 0.05) is 17.0 Å². The van der Waals surface area contributed by atoms with Gasteiger partial charge in [-0.3, -0.25) is 0 Å². The van der Waals surface area contributed by atoms with E-state index in [1.54, 1.807) is 6.07 Å². The van der Waals surface area contributed by atoms with Crippen molar-refractivity contribution in [3.05, 3.63) is 70.7 Å². The van der Waals surface area contributed by atoms with Gasteiger partial charge in [-0.15, -0.1) is 0 Å². The highest BCUT2D eigenvalue weighted by atomic mass is 19.1. The first-order valence-corrected chi connectivity index (χ1v) is 6.57. The monoisotopic (exact) mass is 269 g/mol. The normalized spacial score (nSPS) is 12.8. The molecule has 1 unspecified atom stereocenters. The molecule has 0 spiro atoms. The maximum absolute atomic E-state index is 13.3. The molecule has 0 saturated heterocycles. The Morgan fingerprint density at radius 2 is 1.75 bits per heavy atom. The van der Waals surface area contributed by atoms with Gasteiger partial charge in [0.2, 0.25) is 0 Å². The van der Waals surface area contributed by atoms with Crippen molar-refractivity contribution in [3.63, 3.8) is 0 Å². The van der Waals surface area contributed by atoms with Crippen LogP contribution in [0.5, 0.6) is 0 Å². The minimum absolute atomic E-state index is 0.304. The van der Waals surface area contributed by atoms with E-state index in [0.717, 1.165) is 16.5 Å². The topological polar surface area (TPSA) is 39.2 Å². The molecule has 20 heavy (non-hydrogen) atoms. The smallest absolute Gasteiger partial charge is 0.137 e. The quantitative estimate of drug-likeness (QED) is 0.756. The van der Waals surface area contributed by atoms with Crippen LogP contribution in [0.15, 0.2) is 46.9 Å². The van der Waals surface area contributed by atoms with Crippen molar-refractivity contribution in [2.24, 2.45) is 5.73 Å². The lowest BCUT2D eigenvalue weighted by molar-refractivity contribution is 0.518. The highest BCUT2D eigenvalue weighted by Gasteiger charge is 2.18. The molecule has 3 aromatic rings. The molecule has 3 heteroatoms. The first-order valence-electron chi connectivity index (χ1n) is 6.57. The second-order valence-corrected chi connectivity index (χ2v) is 5.12. The van der Waals surface area contributed by atoms with Crippen molar-refractivity contribution in [1.82, 2.24) is 0 Å². The standard InChI is InChI=1S/C17H16FNO/c1-10-3-5-12(6-4-10)16(19)17-11(2)14-8-7-13(18)9-15(14)20-17/h3-9,16H,19H2,1-2H3. The Hall–Kier alpha value is -2.13. The van der Waals surface area contributed by atoms with E-state index in [2.05, 4.69) is 0 Å². The van der Waals surface area contributed by atoms with Crippen molar-refractivity contribution in [2.75, 3.05) is 0 Å². The summed E-state index contributed by atoms with van der Waals surface area (Å²) in [5, 5.41) is 0.906. The van der Waals surface area contributed by atoms with Gasteiger partial charge in [0.05, 0.1) is 6.04 Å². The third kappa shape index (κ3) is 2.10. The van der Waals surface area contributed by atoms with Crippen LogP contribution in [0.2, 0.25) is 0 Å². The zero-order valence-corrected chi connectivity index (χ0v) is 11.5. The van der Waals surface area contributed by atoms with Crippen molar-refractivity contribution in [3.8, 4) is 0 Å². The summed E-state index contributed by atoms with van der Waals surface area (Å²) in [6.07, 6.45) is 0. The fraction of sp³-hybridized carbons (Fsp3) is 0.176. The number of hydrogen-bond donors (Lipinski definition) is 1. The fourth-order valence-corrected chi connectivity index (χ4v) is 2.44. The third-order valence-electron chi connectivity index (χ3n) is 3.66. The van der Waals surface area contributed by atoms with Crippen LogP contribution in [0.4, 0.5) is 4.39 Å². The molecule has 2 aromatic carbocycles. The van der Waals surface area contributed by atoms with Gasteiger partial charge < -0.3 is 10.2 Å². The van der Waals surface area contributed by atoms with Crippen LogP contribution in [-0.4, -0.2) is 0 Å². The predicted molar refractivity (Wildman–Crippen MR) is 78.1 cm³/mol. The molecule has 2 nitrogen and oxygen atoms in total. The Morgan fingerprint density at radius 3 is 2.45 bits per heavy atom. The summed E-state index contributed by atoms with van der Waals surface area (Å²) in [4.78, 5) is 0. The number of furan rings is 1. The molecule has 0 radical (unpaired) electrons. The zero-order valence-electron chi connectivity index (χ0n) is 11.5. The summed E-state index contributed by atoms with van der Waals surface area (Å²) >= 11 is 0. The van der Waals surface area contributed by atoms with Crippen molar-refractivity contribution >= 4 is 11.0 Å². The molecule has 0 amide bonds. The zero-order chi connectivity index (χ0) is 14.3. The summed E-state index contributed by atoms with van der Waals surface area (Å²) in [5.41, 5.74) is 9.96. The first kappa shape index (κ1) is 12.9. The van der Waals surface area contributed by atoms with Crippen molar-refractivity contribution < 1.29 is 8.81 Å². The molecule has 0 aliphatic heterocycles. The van der Waals surface area contributed by atoms with E-state index in [-0.39, 0.29) is 11.9 Å². The van der Waals surface area contributed by atoms with E-state index < -0.39 is 0 Å². The SMILES string of the molecule is Cc1ccc(C(N)c2oc3cc(F)ccc3c2C)cc1. The summed E-state index contributed by atoms with van der Waals surface area (Å²) < 4.78 is 19.0. The van der Waals surface area contributed by atoms with Crippen LogP contribution in [0.25, 0.3) is 11.0 Å². The van der Waals surface area contributed by atoms with Gasteiger partial charge in [-0.25, -0.2) is 4.39 Å². The van der Waals surface area contributed by atoms with Crippen molar-refractivity contribution in [2.45, 2.75) is 19.9 Å². The molecule has 102 valence electrons.